The topological polar surface area (TPSA) is 116 Å². The van der Waals surface area contributed by atoms with Crippen molar-refractivity contribution in [3.63, 3.8) is 0 Å². The van der Waals surface area contributed by atoms with Crippen LogP contribution in [0.3, 0.4) is 0 Å². The number of carbonyl (C=O) groups excluding carboxylic acids is 1. The number of ether oxygens (including phenoxy) is 1. The van der Waals surface area contributed by atoms with Gasteiger partial charge in [-0.1, -0.05) is 0 Å². The highest BCUT2D eigenvalue weighted by Crippen LogP contribution is 2.48. The van der Waals surface area contributed by atoms with Crippen LogP contribution in [0.25, 0.3) is 11.6 Å². The average Bonchev–Trinajstić information content (AvgIpc) is 3.41. The van der Waals surface area contributed by atoms with Crippen molar-refractivity contribution >= 4 is 11.7 Å². The van der Waals surface area contributed by atoms with Crippen LogP contribution in [0.15, 0.2) is 35.1 Å². The molecule has 3 aromatic heterocycles. The van der Waals surface area contributed by atoms with E-state index < -0.39 is 17.6 Å². The molecule has 2 aliphatic heterocycles. The zero-order valence-corrected chi connectivity index (χ0v) is 22.6. The summed E-state index contributed by atoms with van der Waals surface area (Å²) >= 11 is 0. The first kappa shape index (κ1) is 26.6. The summed E-state index contributed by atoms with van der Waals surface area (Å²) in [5.41, 5.74) is 7.44. The molecule has 3 atom stereocenters. The molecule has 0 radical (unpaired) electrons. The minimum Gasteiger partial charge on any atom is -0.474 e. The summed E-state index contributed by atoms with van der Waals surface area (Å²) in [6.07, 6.45) is -1.22. The Hall–Kier alpha value is -3.61. The molecule has 1 saturated carbocycles. The summed E-state index contributed by atoms with van der Waals surface area (Å²) in [7, 11) is 1.71. The number of aryl methyl sites for hydroxylation is 1. The maximum absolute atomic E-state index is 13.2. The first-order chi connectivity index (χ1) is 18.9. The highest BCUT2D eigenvalue weighted by molar-refractivity contribution is 5.93. The molecule has 1 amide bonds. The summed E-state index contributed by atoms with van der Waals surface area (Å²) in [6.45, 7) is 5.37. The number of piperidine rings is 2. The van der Waals surface area contributed by atoms with E-state index in [0.717, 1.165) is 5.56 Å². The predicted molar refractivity (Wildman–Crippen MR) is 138 cm³/mol. The first-order valence-electron chi connectivity index (χ1n) is 13.4. The summed E-state index contributed by atoms with van der Waals surface area (Å²) < 4.78 is 52.6. The molecular formula is C27H32F3N7O3. The first-order valence-corrected chi connectivity index (χ1v) is 13.4. The standard InChI is InChI=1S/C27H32F3N7O3/c1-26(2,31)16-10-21(36-7-4-15(5-8-36)27(28,29)30)33-22(11-16)40-23-17-13-37(14-18(17)23)25(38)20-12-19(34-35(20)3)24-32-6-9-39-24/h6,9-12,15,17-18,23H,4-5,7-8,13-14,31H2,1-3H3/t17-,18+,23?. The molecule has 3 aromatic rings. The summed E-state index contributed by atoms with van der Waals surface area (Å²) in [5.74, 6) is 0.275. The number of fused-ring (bicyclic) bond motifs is 1. The number of amides is 1. The fourth-order valence-electron chi connectivity index (χ4n) is 5.76. The number of aromatic nitrogens is 4. The molecule has 0 spiro atoms. The zero-order chi connectivity index (χ0) is 28.4. The zero-order valence-electron chi connectivity index (χ0n) is 22.6. The van der Waals surface area contributed by atoms with Crippen LogP contribution in [-0.4, -0.2) is 69.0 Å². The van der Waals surface area contributed by atoms with Gasteiger partial charge in [-0.3, -0.25) is 9.48 Å². The SMILES string of the molecule is Cn1nc(-c2ncco2)cc1C(=O)N1C[C@@H]2C(Oc3cc(C(C)(C)N)cc(N4CCC(C(F)(F)F)CC4)n3)[C@@H]2C1. The minimum atomic E-state index is -4.18. The van der Waals surface area contributed by atoms with E-state index >= 15 is 0 Å². The fourth-order valence-corrected chi connectivity index (χ4v) is 5.76. The number of alkyl halides is 3. The normalized spacial score (nSPS) is 23.4. The van der Waals surface area contributed by atoms with Gasteiger partial charge in [0.05, 0.1) is 12.1 Å². The monoisotopic (exact) mass is 559 g/mol. The lowest BCUT2D eigenvalue weighted by atomic mass is 9.94. The van der Waals surface area contributed by atoms with Crippen LogP contribution in [0.2, 0.25) is 0 Å². The maximum atomic E-state index is 13.2. The van der Waals surface area contributed by atoms with Gasteiger partial charge in [-0.05, 0) is 38.3 Å². The number of likely N-dealkylation sites (tertiary alicyclic amines) is 1. The molecule has 5 heterocycles. The molecule has 10 nitrogen and oxygen atoms in total. The molecule has 2 N–H and O–H groups in total. The van der Waals surface area contributed by atoms with Gasteiger partial charge >= 0.3 is 6.18 Å². The number of hydrogen-bond donors (Lipinski definition) is 1. The van der Waals surface area contributed by atoms with Crippen LogP contribution in [-0.2, 0) is 12.6 Å². The van der Waals surface area contributed by atoms with Crippen molar-refractivity contribution in [2.45, 2.75) is 44.5 Å². The number of nitrogens with two attached hydrogens (primary N) is 1. The largest absolute Gasteiger partial charge is 0.474 e. The molecular weight excluding hydrogens is 527 g/mol. The van der Waals surface area contributed by atoms with Crippen molar-refractivity contribution < 1.29 is 27.1 Å². The van der Waals surface area contributed by atoms with E-state index in [1.165, 1.54) is 17.1 Å². The van der Waals surface area contributed by atoms with Crippen LogP contribution in [0.1, 0.15) is 42.7 Å². The van der Waals surface area contributed by atoms with Gasteiger partial charge in [-0.2, -0.15) is 23.3 Å². The third kappa shape index (κ3) is 5.02. The molecule has 1 unspecified atom stereocenters. The van der Waals surface area contributed by atoms with Gasteiger partial charge < -0.3 is 24.7 Å². The van der Waals surface area contributed by atoms with E-state index in [-0.39, 0.29) is 49.8 Å². The highest BCUT2D eigenvalue weighted by Gasteiger charge is 2.59. The Balaban J connectivity index is 1.12. The van der Waals surface area contributed by atoms with Crippen molar-refractivity contribution in [2.24, 2.45) is 30.5 Å². The number of nitrogens with zero attached hydrogens (tertiary/aromatic N) is 6. The van der Waals surface area contributed by atoms with Gasteiger partial charge in [0.25, 0.3) is 5.91 Å². The van der Waals surface area contributed by atoms with Crippen LogP contribution in [0.4, 0.5) is 19.0 Å². The fraction of sp³-hybridized carbons (Fsp3) is 0.556. The lowest BCUT2D eigenvalue weighted by Gasteiger charge is -2.34. The van der Waals surface area contributed by atoms with E-state index in [0.29, 0.717) is 42.1 Å². The molecule has 2 saturated heterocycles. The van der Waals surface area contributed by atoms with Crippen LogP contribution < -0.4 is 15.4 Å². The van der Waals surface area contributed by atoms with Gasteiger partial charge in [0.15, 0.2) is 0 Å². The van der Waals surface area contributed by atoms with Gasteiger partial charge in [-0.25, -0.2) is 4.98 Å². The molecule has 13 heteroatoms. The van der Waals surface area contributed by atoms with Gasteiger partial charge in [0.2, 0.25) is 11.8 Å². The lowest BCUT2D eigenvalue weighted by Crippen LogP contribution is -2.39. The Morgan fingerprint density at radius 1 is 1.12 bits per heavy atom. The quantitative estimate of drug-likeness (QED) is 0.487. The predicted octanol–water partition coefficient (Wildman–Crippen LogP) is 3.59. The molecule has 3 fully saturated rings. The van der Waals surface area contributed by atoms with Crippen molar-refractivity contribution in [1.29, 1.82) is 0 Å². The molecule has 0 aromatic carbocycles. The van der Waals surface area contributed by atoms with E-state index in [2.05, 4.69) is 15.1 Å². The van der Waals surface area contributed by atoms with Crippen LogP contribution >= 0.6 is 0 Å². The van der Waals surface area contributed by atoms with Crippen LogP contribution in [0.5, 0.6) is 5.88 Å². The summed E-state index contributed by atoms with van der Waals surface area (Å²) in [4.78, 5) is 25.6. The molecule has 6 rings (SSSR count). The third-order valence-electron chi connectivity index (χ3n) is 8.22. The molecule has 0 bridgehead atoms. The number of oxazole rings is 1. The summed E-state index contributed by atoms with van der Waals surface area (Å²) in [5, 5.41) is 4.35. The van der Waals surface area contributed by atoms with E-state index in [1.54, 1.807) is 18.0 Å². The molecule has 40 heavy (non-hydrogen) atoms. The number of pyridine rings is 1. The van der Waals surface area contributed by atoms with Crippen LogP contribution in [0, 0.1) is 17.8 Å². The van der Waals surface area contributed by atoms with Gasteiger partial charge in [-0.15, -0.1) is 0 Å². The minimum absolute atomic E-state index is 0.0322. The van der Waals surface area contributed by atoms with Crippen molar-refractivity contribution in [3.8, 4) is 17.5 Å². The average molecular weight is 560 g/mol. The molecule has 214 valence electrons. The molecule has 1 aliphatic carbocycles. The summed E-state index contributed by atoms with van der Waals surface area (Å²) in [6, 6.07) is 5.33. The highest BCUT2D eigenvalue weighted by atomic mass is 19.4. The number of carbonyl (C=O) groups is 1. The smallest absolute Gasteiger partial charge is 0.391 e. The van der Waals surface area contributed by atoms with Crippen molar-refractivity contribution in [2.75, 3.05) is 31.1 Å². The Morgan fingerprint density at radius 2 is 1.82 bits per heavy atom. The second kappa shape index (κ2) is 9.50. The molecule has 3 aliphatic rings. The van der Waals surface area contributed by atoms with Gasteiger partial charge in [0.1, 0.15) is 29.6 Å². The third-order valence-corrected chi connectivity index (χ3v) is 8.22. The van der Waals surface area contributed by atoms with E-state index in [9.17, 15) is 18.0 Å². The Morgan fingerprint density at radius 3 is 2.42 bits per heavy atom. The Kier molecular flexibility index (Phi) is 6.32. The lowest BCUT2D eigenvalue weighted by molar-refractivity contribution is -0.179. The maximum Gasteiger partial charge on any atom is 0.391 e. The van der Waals surface area contributed by atoms with Crippen molar-refractivity contribution in [1.82, 2.24) is 24.6 Å². The Bertz CT molecular complexity index is 1380. The number of halogens is 3. The number of rotatable bonds is 6. The second-order valence-corrected chi connectivity index (χ2v) is 11.6. The van der Waals surface area contributed by atoms with E-state index in [1.807, 2.05) is 30.9 Å². The number of hydrogen-bond acceptors (Lipinski definition) is 8. The number of anilines is 1. The van der Waals surface area contributed by atoms with E-state index in [4.69, 9.17) is 14.9 Å². The Labute approximate surface area is 229 Å². The van der Waals surface area contributed by atoms with Gasteiger partial charge in [0, 0.05) is 62.7 Å². The van der Waals surface area contributed by atoms with Crippen molar-refractivity contribution in [3.05, 3.63) is 41.9 Å². The second-order valence-electron chi connectivity index (χ2n) is 11.6.